The third-order valence-corrected chi connectivity index (χ3v) is 4.05. The highest BCUT2D eigenvalue weighted by Gasteiger charge is 2.22. The molecule has 0 fully saturated rings. The molecule has 4 nitrogen and oxygen atoms in total. The van der Waals surface area contributed by atoms with Crippen molar-refractivity contribution in [3.05, 3.63) is 33.2 Å². The van der Waals surface area contributed by atoms with E-state index in [-0.39, 0.29) is 17.6 Å². The van der Waals surface area contributed by atoms with Gasteiger partial charge in [0.25, 0.3) is 5.56 Å². The van der Waals surface area contributed by atoms with Crippen molar-refractivity contribution in [2.75, 3.05) is 6.61 Å². The van der Waals surface area contributed by atoms with Crippen LogP contribution in [0.15, 0.2) is 10.9 Å². The first-order valence-corrected chi connectivity index (χ1v) is 7.24. The summed E-state index contributed by atoms with van der Waals surface area (Å²) in [7, 11) is 0. The average Bonchev–Trinajstić information content (AvgIpc) is 2.37. The number of esters is 1. The van der Waals surface area contributed by atoms with Gasteiger partial charge in [0.1, 0.15) is 0 Å². The minimum atomic E-state index is -0.354. The van der Waals surface area contributed by atoms with Crippen LogP contribution in [-0.2, 0) is 4.74 Å². The highest BCUT2D eigenvalue weighted by atomic mass is 16.5. The van der Waals surface area contributed by atoms with Gasteiger partial charge in [-0.2, -0.15) is 0 Å². The van der Waals surface area contributed by atoms with Crippen molar-refractivity contribution >= 4 is 5.97 Å². The zero-order chi connectivity index (χ0) is 15.4. The molecule has 0 aliphatic carbocycles. The van der Waals surface area contributed by atoms with Crippen molar-refractivity contribution in [3.8, 4) is 0 Å². The summed E-state index contributed by atoms with van der Waals surface area (Å²) in [5, 5.41) is 0. The fourth-order valence-corrected chi connectivity index (χ4v) is 2.51. The number of nitrogens with zero attached hydrogens (tertiary/aromatic N) is 1. The molecule has 0 bridgehead atoms. The van der Waals surface area contributed by atoms with E-state index in [0.29, 0.717) is 29.3 Å². The Morgan fingerprint density at radius 3 is 2.40 bits per heavy atom. The number of carbonyl (C=O) groups excluding carboxylic acids is 1. The summed E-state index contributed by atoms with van der Waals surface area (Å²) in [5.74, 6) is 0.0109. The Balaban J connectivity index is 3.44. The lowest BCUT2D eigenvalue weighted by atomic mass is 9.98. The summed E-state index contributed by atoms with van der Waals surface area (Å²) >= 11 is 0. The maximum Gasteiger partial charge on any atom is 0.340 e. The van der Waals surface area contributed by atoms with Crippen LogP contribution in [0.1, 0.15) is 61.8 Å². The number of rotatable bonds is 5. The van der Waals surface area contributed by atoms with Crippen molar-refractivity contribution < 1.29 is 9.53 Å². The molecule has 0 spiro atoms. The zero-order valence-electron chi connectivity index (χ0n) is 13.3. The molecular weight excluding hydrogens is 254 g/mol. The summed E-state index contributed by atoms with van der Waals surface area (Å²) in [6.07, 6.45) is 0.982. The number of ether oxygens (including phenoxy) is 1. The van der Waals surface area contributed by atoms with Crippen molar-refractivity contribution in [2.24, 2.45) is 5.92 Å². The van der Waals surface area contributed by atoms with Gasteiger partial charge in [-0.05, 0) is 39.2 Å². The van der Waals surface area contributed by atoms with E-state index in [4.69, 9.17) is 4.74 Å². The van der Waals surface area contributed by atoms with Gasteiger partial charge < -0.3 is 9.30 Å². The van der Waals surface area contributed by atoms with Crippen LogP contribution in [0.2, 0.25) is 0 Å². The van der Waals surface area contributed by atoms with Gasteiger partial charge >= 0.3 is 5.97 Å². The van der Waals surface area contributed by atoms with Crippen LogP contribution in [0.4, 0.5) is 0 Å². The molecule has 1 rings (SSSR count). The molecule has 0 radical (unpaired) electrons. The number of pyridine rings is 1. The SMILES string of the molecule is CCOC(=O)c1c(C)cc(=O)n(C(C)C(C)CC)c1C. The quantitative estimate of drug-likeness (QED) is 0.777. The fraction of sp³-hybridized carbons (Fsp3) is 0.625. The Morgan fingerprint density at radius 2 is 1.90 bits per heavy atom. The lowest BCUT2D eigenvalue weighted by Gasteiger charge is -2.25. The van der Waals surface area contributed by atoms with Crippen LogP contribution < -0.4 is 5.56 Å². The van der Waals surface area contributed by atoms with E-state index in [9.17, 15) is 9.59 Å². The lowest BCUT2D eigenvalue weighted by molar-refractivity contribution is 0.0523. The maximum absolute atomic E-state index is 12.3. The van der Waals surface area contributed by atoms with Gasteiger partial charge in [0.15, 0.2) is 0 Å². The smallest absolute Gasteiger partial charge is 0.340 e. The van der Waals surface area contributed by atoms with Gasteiger partial charge in [-0.15, -0.1) is 0 Å². The van der Waals surface area contributed by atoms with E-state index in [2.05, 4.69) is 13.8 Å². The molecule has 2 atom stereocenters. The molecule has 2 unspecified atom stereocenters. The standard InChI is InChI=1S/C16H25NO3/c1-7-10(3)12(5)17-13(6)15(16(19)20-8-2)11(4)9-14(17)18/h9-10,12H,7-8H2,1-6H3. The van der Waals surface area contributed by atoms with E-state index in [1.807, 2.05) is 13.8 Å². The molecule has 0 saturated heterocycles. The first-order valence-electron chi connectivity index (χ1n) is 7.24. The van der Waals surface area contributed by atoms with Crippen LogP contribution in [0, 0.1) is 19.8 Å². The van der Waals surface area contributed by atoms with Gasteiger partial charge in [-0.1, -0.05) is 20.3 Å². The molecule has 112 valence electrons. The van der Waals surface area contributed by atoms with Gasteiger partial charge in [0.2, 0.25) is 0 Å². The molecule has 0 amide bonds. The number of carbonyl (C=O) groups is 1. The normalized spacial score (nSPS) is 13.9. The predicted octanol–water partition coefficient (Wildman–Crippen LogP) is 3.25. The Morgan fingerprint density at radius 1 is 1.30 bits per heavy atom. The molecule has 0 aromatic carbocycles. The largest absolute Gasteiger partial charge is 0.462 e. The topological polar surface area (TPSA) is 48.3 Å². The lowest BCUT2D eigenvalue weighted by Crippen LogP contribution is -2.31. The molecular formula is C16H25NO3. The van der Waals surface area contributed by atoms with Gasteiger partial charge in [0.05, 0.1) is 12.2 Å². The van der Waals surface area contributed by atoms with Gasteiger partial charge in [0, 0.05) is 17.8 Å². The second kappa shape index (κ2) is 6.73. The van der Waals surface area contributed by atoms with Crippen LogP contribution in [0.25, 0.3) is 0 Å². The molecule has 1 heterocycles. The summed E-state index contributed by atoms with van der Waals surface area (Å²) in [4.78, 5) is 24.3. The molecule has 0 aliphatic rings. The first kappa shape index (κ1) is 16.5. The van der Waals surface area contributed by atoms with Crippen LogP contribution >= 0.6 is 0 Å². The maximum atomic E-state index is 12.3. The molecule has 20 heavy (non-hydrogen) atoms. The van der Waals surface area contributed by atoms with Crippen molar-refractivity contribution in [3.63, 3.8) is 0 Å². The number of aryl methyl sites for hydroxylation is 1. The monoisotopic (exact) mass is 279 g/mol. The predicted molar refractivity (Wildman–Crippen MR) is 80.3 cm³/mol. The minimum Gasteiger partial charge on any atom is -0.462 e. The number of hydrogen-bond acceptors (Lipinski definition) is 3. The Kier molecular flexibility index (Phi) is 5.54. The summed E-state index contributed by atoms with van der Waals surface area (Å²) in [6.45, 7) is 11.9. The summed E-state index contributed by atoms with van der Waals surface area (Å²) in [6, 6.07) is 1.58. The van der Waals surface area contributed by atoms with Gasteiger partial charge in [-0.25, -0.2) is 4.79 Å². The van der Waals surface area contributed by atoms with E-state index >= 15 is 0 Å². The first-order chi connectivity index (χ1) is 9.34. The molecule has 1 aromatic rings. The van der Waals surface area contributed by atoms with E-state index < -0.39 is 0 Å². The van der Waals surface area contributed by atoms with Crippen molar-refractivity contribution in [2.45, 2.75) is 54.0 Å². The summed E-state index contributed by atoms with van der Waals surface area (Å²) in [5.41, 5.74) is 1.84. The average molecular weight is 279 g/mol. The number of aromatic nitrogens is 1. The zero-order valence-corrected chi connectivity index (χ0v) is 13.3. The molecule has 0 saturated carbocycles. The molecule has 1 aromatic heterocycles. The third kappa shape index (κ3) is 3.11. The number of hydrogen-bond donors (Lipinski definition) is 0. The molecule has 4 heteroatoms. The molecule has 0 aliphatic heterocycles. The van der Waals surface area contributed by atoms with Crippen molar-refractivity contribution in [1.29, 1.82) is 0 Å². The van der Waals surface area contributed by atoms with E-state index in [1.54, 1.807) is 18.4 Å². The van der Waals surface area contributed by atoms with Gasteiger partial charge in [-0.3, -0.25) is 4.79 Å². The molecule has 0 N–H and O–H groups in total. The Bertz CT molecular complexity index is 545. The minimum absolute atomic E-state index is 0.0548. The van der Waals surface area contributed by atoms with Crippen LogP contribution in [0.5, 0.6) is 0 Å². The summed E-state index contributed by atoms with van der Waals surface area (Å²) < 4.78 is 6.81. The highest BCUT2D eigenvalue weighted by molar-refractivity contribution is 5.92. The van der Waals surface area contributed by atoms with E-state index in [0.717, 1.165) is 6.42 Å². The fourth-order valence-electron chi connectivity index (χ4n) is 2.51. The van der Waals surface area contributed by atoms with Crippen molar-refractivity contribution in [1.82, 2.24) is 4.57 Å². The Labute approximate surface area is 120 Å². The Hall–Kier alpha value is -1.58. The second-order valence-electron chi connectivity index (χ2n) is 5.34. The van der Waals surface area contributed by atoms with Crippen LogP contribution in [-0.4, -0.2) is 17.1 Å². The van der Waals surface area contributed by atoms with E-state index in [1.165, 1.54) is 6.07 Å². The van der Waals surface area contributed by atoms with Crippen LogP contribution in [0.3, 0.4) is 0 Å². The highest BCUT2D eigenvalue weighted by Crippen LogP contribution is 2.23. The third-order valence-electron chi connectivity index (χ3n) is 4.05. The second-order valence-corrected chi connectivity index (χ2v) is 5.34.